The quantitative estimate of drug-likeness (QED) is 0.828. The van der Waals surface area contributed by atoms with Gasteiger partial charge >= 0.3 is 0 Å². The molecule has 20 heavy (non-hydrogen) atoms. The van der Waals surface area contributed by atoms with Gasteiger partial charge in [-0.25, -0.2) is 0 Å². The van der Waals surface area contributed by atoms with Crippen molar-refractivity contribution >= 4 is 0 Å². The Labute approximate surface area is 123 Å². The Bertz CT molecular complexity index is 429. The molecular formula is C17H28N2O. The van der Waals surface area contributed by atoms with Gasteiger partial charge in [-0.05, 0) is 45.8 Å². The van der Waals surface area contributed by atoms with Gasteiger partial charge in [0.2, 0.25) is 0 Å². The van der Waals surface area contributed by atoms with Crippen LogP contribution in [0.25, 0.3) is 0 Å². The van der Waals surface area contributed by atoms with E-state index in [0.717, 1.165) is 18.2 Å². The van der Waals surface area contributed by atoms with E-state index in [2.05, 4.69) is 42.4 Å². The average Bonchev–Trinajstić information content (AvgIpc) is 2.40. The molecule has 1 aliphatic carbocycles. The van der Waals surface area contributed by atoms with Crippen molar-refractivity contribution in [2.24, 2.45) is 5.92 Å². The fourth-order valence-electron chi connectivity index (χ4n) is 2.97. The first kappa shape index (κ1) is 15.3. The summed E-state index contributed by atoms with van der Waals surface area (Å²) in [5.41, 5.74) is 2.54. The Kier molecular flexibility index (Phi) is 5.44. The minimum absolute atomic E-state index is 0.315. The molecule has 0 amide bonds. The summed E-state index contributed by atoms with van der Waals surface area (Å²) in [5.74, 6) is 1.89. The monoisotopic (exact) mass is 276 g/mol. The van der Waals surface area contributed by atoms with Crippen molar-refractivity contribution in [2.75, 3.05) is 34.3 Å². The minimum atomic E-state index is 0.315. The number of rotatable bonds is 7. The highest BCUT2D eigenvalue weighted by molar-refractivity contribution is 5.39. The highest BCUT2D eigenvalue weighted by Gasteiger charge is 2.22. The van der Waals surface area contributed by atoms with Crippen LogP contribution in [-0.2, 0) is 0 Å². The van der Waals surface area contributed by atoms with Crippen molar-refractivity contribution in [2.45, 2.75) is 32.2 Å². The first-order chi connectivity index (χ1) is 9.63. The number of benzene rings is 1. The Morgan fingerprint density at radius 1 is 1.40 bits per heavy atom. The largest absolute Gasteiger partial charge is 0.496 e. The molecule has 3 nitrogen and oxygen atoms in total. The Morgan fingerprint density at radius 3 is 2.70 bits per heavy atom. The van der Waals surface area contributed by atoms with E-state index in [1.165, 1.54) is 36.9 Å². The van der Waals surface area contributed by atoms with Crippen LogP contribution in [0.5, 0.6) is 5.75 Å². The van der Waals surface area contributed by atoms with Gasteiger partial charge in [0.1, 0.15) is 5.75 Å². The third kappa shape index (κ3) is 3.74. The predicted octanol–water partition coefficient (Wildman–Crippen LogP) is 3.00. The second-order valence-electron chi connectivity index (χ2n) is 6.10. The van der Waals surface area contributed by atoms with Crippen LogP contribution in [-0.4, -0.2) is 39.2 Å². The zero-order valence-corrected chi connectivity index (χ0v) is 13.3. The summed E-state index contributed by atoms with van der Waals surface area (Å²) in [4.78, 5) is 2.45. The van der Waals surface area contributed by atoms with E-state index in [9.17, 15) is 0 Å². The summed E-state index contributed by atoms with van der Waals surface area (Å²) in [7, 11) is 6.01. The van der Waals surface area contributed by atoms with Gasteiger partial charge in [0.25, 0.3) is 0 Å². The van der Waals surface area contributed by atoms with Crippen molar-refractivity contribution in [3.63, 3.8) is 0 Å². The van der Waals surface area contributed by atoms with E-state index < -0.39 is 0 Å². The summed E-state index contributed by atoms with van der Waals surface area (Å²) in [5, 5.41) is 3.44. The summed E-state index contributed by atoms with van der Waals surface area (Å²) >= 11 is 0. The molecule has 0 aliphatic heterocycles. The van der Waals surface area contributed by atoms with Crippen molar-refractivity contribution in [1.29, 1.82) is 0 Å². The lowest BCUT2D eigenvalue weighted by Crippen LogP contribution is -2.36. The first-order valence-corrected chi connectivity index (χ1v) is 7.64. The Balaban J connectivity index is 2.04. The van der Waals surface area contributed by atoms with E-state index in [0.29, 0.717) is 6.04 Å². The van der Waals surface area contributed by atoms with Crippen molar-refractivity contribution in [1.82, 2.24) is 10.2 Å². The number of likely N-dealkylation sites (N-methyl/N-ethyl adjacent to an activating group) is 2. The lowest BCUT2D eigenvalue weighted by molar-refractivity contribution is 0.192. The zero-order valence-electron chi connectivity index (χ0n) is 13.3. The van der Waals surface area contributed by atoms with Gasteiger partial charge in [0, 0.05) is 24.7 Å². The van der Waals surface area contributed by atoms with Crippen LogP contribution in [0.15, 0.2) is 18.2 Å². The maximum absolute atomic E-state index is 5.52. The molecule has 0 heterocycles. The minimum Gasteiger partial charge on any atom is -0.496 e. The number of nitrogens with zero attached hydrogens (tertiary/aromatic N) is 1. The third-order valence-corrected chi connectivity index (χ3v) is 4.40. The molecule has 1 aromatic rings. The number of methoxy groups -OCH3 is 1. The second kappa shape index (κ2) is 7.09. The highest BCUT2D eigenvalue weighted by atomic mass is 16.5. The molecule has 1 saturated carbocycles. The number of hydrogen-bond acceptors (Lipinski definition) is 3. The average molecular weight is 276 g/mol. The molecule has 1 aromatic carbocycles. The molecule has 0 spiro atoms. The third-order valence-electron chi connectivity index (χ3n) is 4.40. The van der Waals surface area contributed by atoms with E-state index >= 15 is 0 Å². The number of ether oxygens (including phenoxy) is 1. The van der Waals surface area contributed by atoms with Crippen molar-refractivity contribution < 1.29 is 4.74 Å². The Hall–Kier alpha value is -1.06. The molecule has 1 fully saturated rings. The summed E-state index contributed by atoms with van der Waals surface area (Å²) in [6.07, 6.45) is 4.23. The van der Waals surface area contributed by atoms with E-state index in [4.69, 9.17) is 4.74 Å². The first-order valence-electron chi connectivity index (χ1n) is 7.64. The second-order valence-corrected chi connectivity index (χ2v) is 6.10. The molecule has 112 valence electrons. The van der Waals surface area contributed by atoms with E-state index in [1.807, 2.05) is 7.05 Å². The molecule has 0 bridgehead atoms. The smallest absolute Gasteiger partial charge is 0.123 e. The predicted molar refractivity (Wildman–Crippen MR) is 84.4 cm³/mol. The fourth-order valence-corrected chi connectivity index (χ4v) is 2.97. The molecule has 2 rings (SSSR count). The van der Waals surface area contributed by atoms with Gasteiger partial charge < -0.3 is 15.0 Å². The fraction of sp³-hybridized carbons (Fsp3) is 0.647. The number of hydrogen-bond donors (Lipinski definition) is 1. The maximum atomic E-state index is 5.52. The maximum Gasteiger partial charge on any atom is 0.123 e. The lowest BCUT2D eigenvalue weighted by atomic mass is 9.85. The molecular weight excluding hydrogens is 248 g/mol. The lowest BCUT2D eigenvalue weighted by Gasteiger charge is -2.32. The van der Waals surface area contributed by atoms with Crippen LogP contribution >= 0.6 is 0 Å². The highest BCUT2D eigenvalue weighted by Crippen LogP contribution is 2.29. The molecule has 1 aliphatic rings. The molecule has 0 radical (unpaired) electrons. The van der Waals surface area contributed by atoms with Crippen LogP contribution in [0.4, 0.5) is 0 Å². The van der Waals surface area contributed by atoms with Crippen LogP contribution in [0, 0.1) is 12.8 Å². The molecule has 0 aromatic heterocycles. The molecule has 3 heteroatoms. The van der Waals surface area contributed by atoms with Crippen LogP contribution in [0.1, 0.15) is 36.4 Å². The van der Waals surface area contributed by atoms with Crippen LogP contribution in [0.3, 0.4) is 0 Å². The van der Waals surface area contributed by atoms with Gasteiger partial charge in [-0.2, -0.15) is 0 Å². The summed E-state index contributed by atoms with van der Waals surface area (Å²) in [6.45, 7) is 4.37. The molecule has 0 saturated heterocycles. The van der Waals surface area contributed by atoms with Gasteiger partial charge in [0.15, 0.2) is 0 Å². The van der Waals surface area contributed by atoms with E-state index in [-0.39, 0.29) is 0 Å². The molecule has 1 N–H and O–H groups in total. The zero-order chi connectivity index (χ0) is 14.5. The van der Waals surface area contributed by atoms with Crippen LogP contribution in [0.2, 0.25) is 0 Å². The molecule has 1 atom stereocenters. The summed E-state index contributed by atoms with van der Waals surface area (Å²) < 4.78 is 5.52. The van der Waals surface area contributed by atoms with Gasteiger partial charge in [0.05, 0.1) is 7.11 Å². The van der Waals surface area contributed by atoms with Gasteiger partial charge in [-0.1, -0.05) is 24.1 Å². The van der Waals surface area contributed by atoms with Gasteiger partial charge in [-0.15, -0.1) is 0 Å². The number of nitrogens with one attached hydrogen (secondary N) is 1. The van der Waals surface area contributed by atoms with Gasteiger partial charge in [-0.3, -0.25) is 0 Å². The normalized spacial score (nSPS) is 17.1. The van der Waals surface area contributed by atoms with Crippen molar-refractivity contribution in [3.8, 4) is 5.75 Å². The van der Waals surface area contributed by atoms with E-state index in [1.54, 1.807) is 7.11 Å². The summed E-state index contributed by atoms with van der Waals surface area (Å²) in [6, 6.07) is 6.72. The number of aryl methyl sites for hydroxylation is 1. The molecule has 1 unspecified atom stereocenters. The topological polar surface area (TPSA) is 24.5 Å². The van der Waals surface area contributed by atoms with Crippen LogP contribution < -0.4 is 10.1 Å². The SMILES string of the molecule is CNC(CN(C)CC1CCC1)c1cc(C)ccc1OC. The Morgan fingerprint density at radius 2 is 2.15 bits per heavy atom. The van der Waals surface area contributed by atoms with Crippen molar-refractivity contribution in [3.05, 3.63) is 29.3 Å². The standard InChI is InChI=1S/C17H28N2O/c1-13-8-9-17(20-4)15(10-13)16(18-2)12-19(3)11-14-6-5-7-14/h8-10,14,16,18H,5-7,11-12H2,1-4H3.